The maximum Gasteiger partial charge on any atom is 0.251 e. The average Bonchev–Trinajstić information content (AvgIpc) is 3.20. The Bertz CT molecular complexity index is 972. The molecule has 1 unspecified atom stereocenters. The summed E-state index contributed by atoms with van der Waals surface area (Å²) in [6, 6.07) is 4.95. The monoisotopic (exact) mass is 348 g/mol. The summed E-state index contributed by atoms with van der Waals surface area (Å²) in [5, 5.41) is 0.835. The maximum absolute atomic E-state index is 12.7. The molecule has 0 amide bonds. The Kier molecular flexibility index (Phi) is 3.74. The van der Waals surface area contributed by atoms with Crippen LogP contribution in [0.25, 0.3) is 10.9 Å². The van der Waals surface area contributed by atoms with Crippen molar-refractivity contribution in [3.8, 4) is 0 Å². The molecule has 1 N–H and O–H groups in total. The Labute approximate surface area is 140 Å². The van der Waals surface area contributed by atoms with Crippen LogP contribution in [0.1, 0.15) is 24.0 Å². The predicted octanol–water partition coefficient (Wildman–Crippen LogP) is 1.32. The predicted molar refractivity (Wildman–Crippen MR) is 90.8 cm³/mol. The zero-order valence-corrected chi connectivity index (χ0v) is 14.4. The Morgan fingerprint density at radius 3 is 2.92 bits per heavy atom. The fourth-order valence-corrected chi connectivity index (χ4v) is 4.77. The van der Waals surface area contributed by atoms with Crippen LogP contribution in [0.4, 0.5) is 0 Å². The summed E-state index contributed by atoms with van der Waals surface area (Å²) in [5.41, 5.74) is 2.58. The Hall–Kier alpha value is -1.70. The highest BCUT2D eigenvalue weighted by Crippen LogP contribution is 2.29. The lowest BCUT2D eigenvalue weighted by Gasteiger charge is -2.13. The molecule has 2 aliphatic rings. The van der Waals surface area contributed by atoms with Gasteiger partial charge < -0.3 is 9.30 Å². The molecule has 3 heterocycles. The quantitative estimate of drug-likeness (QED) is 0.904. The number of rotatable bonds is 4. The first-order chi connectivity index (χ1) is 11.5. The van der Waals surface area contributed by atoms with E-state index in [-0.39, 0.29) is 16.6 Å². The number of ether oxygens (including phenoxy) is 1. The van der Waals surface area contributed by atoms with Gasteiger partial charge in [-0.15, -0.1) is 0 Å². The van der Waals surface area contributed by atoms with Crippen molar-refractivity contribution in [3.05, 3.63) is 39.7 Å². The number of aromatic nitrogens is 1. The van der Waals surface area contributed by atoms with Crippen LogP contribution in [0.15, 0.2) is 27.9 Å². The van der Waals surface area contributed by atoms with Crippen molar-refractivity contribution in [2.24, 2.45) is 0 Å². The van der Waals surface area contributed by atoms with E-state index in [2.05, 4.69) is 4.72 Å². The molecule has 1 atom stereocenters. The molecule has 4 rings (SSSR count). The summed E-state index contributed by atoms with van der Waals surface area (Å²) in [7, 11) is -3.59. The number of benzene rings is 1. The first-order valence-electron chi connectivity index (χ1n) is 8.24. The van der Waals surface area contributed by atoms with Gasteiger partial charge in [0.1, 0.15) is 0 Å². The first-order valence-corrected chi connectivity index (χ1v) is 9.72. The highest BCUT2D eigenvalue weighted by Gasteiger charge is 2.24. The van der Waals surface area contributed by atoms with E-state index in [1.807, 2.05) is 6.92 Å². The van der Waals surface area contributed by atoms with Crippen molar-refractivity contribution in [1.82, 2.24) is 9.29 Å². The van der Waals surface area contributed by atoms with Crippen LogP contribution < -0.4 is 10.3 Å². The minimum atomic E-state index is -3.59. The van der Waals surface area contributed by atoms with Crippen LogP contribution in [-0.4, -0.2) is 32.2 Å². The Balaban J connectivity index is 1.74. The topological polar surface area (TPSA) is 77.4 Å². The number of hydrogen-bond donors (Lipinski definition) is 1. The molecule has 2 aliphatic heterocycles. The third-order valence-electron chi connectivity index (χ3n) is 4.90. The van der Waals surface area contributed by atoms with Crippen molar-refractivity contribution in [2.75, 3.05) is 13.2 Å². The number of aryl methyl sites for hydroxylation is 3. The molecule has 0 radical (unpaired) electrons. The van der Waals surface area contributed by atoms with Crippen LogP contribution in [0.5, 0.6) is 0 Å². The smallest absolute Gasteiger partial charge is 0.251 e. The van der Waals surface area contributed by atoms with Crippen molar-refractivity contribution in [3.63, 3.8) is 0 Å². The highest BCUT2D eigenvalue weighted by atomic mass is 32.2. The Morgan fingerprint density at radius 2 is 2.17 bits per heavy atom. The van der Waals surface area contributed by atoms with Gasteiger partial charge in [-0.1, -0.05) is 0 Å². The second kappa shape index (κ2) is 5.68. The largest absolute Gasteiger partial charge is 0.377 e. The second-order valence-electron chi connectivity index (χ2n) is 6.53. The second-order valence-corrected chi connectivity index (χ2v) is 8.30. The van der Waals surface area contributed by atoms with Crippen molar-refractivity contribution in [1.29, 1.82) is 0 Å². The molecule has 0 saturated carbocycles. The van der Waals surface area contributed by atoms with E-state index in [0.717, 1.165) is 34.9 Å². The zero-order chi connectivity index (χ0) is 16.9. The molecule has 24 heavy (non-hydrogen) atoms. The third kappa shape index (κ3) is 2.56. The lowest BCUT2D eigenvalue weighted by Crippen LogP contribution is -2.31. The molecular weight excluding hydrogens is 328 g/mol. The van der Waals surface area contributed by atoms with Gasteiger partial charge in [0.2, 0.25) is 10.0 Å². The molecule has 1 fully saturated rings. The zero-order valence-electron chi connectivity index (χ0n) is 13.5. The number of pyridine rings is 1. The molecule has 1 aromatic heterocycles. The molecule has 0 aliphatic carbocycles. The van der Waals surface area contributed by atoms with E-state index < -0.39 is 10.0 Å². The van der Waals surface area contributed by atoms with Crippen molar-refractivity contribution < 1.29 is 13.2 Å². The molecule has 2 aromatic rings. The lowest BCUT2D eigenvalue weighted by atomic mass is 10.1. The molecule has 1 saturated heterocycles. The van der Waals surface area contributed by atoms with Crippen molar-refractivity contribution >= 4 is 20.9 Å². The molecule has 6 nitrogen and oxygen atoms in total. The van der Waals surface area contributed by atoms with Crippen LogP contribution >= 0.6 is 0 Å². The van der Waals surface area contributed by atoms with Crippen LogP contribution in [0, 0.1) is 6.92 Å². The normalized spacial score (nSPS) is 20.1. The van der Waals surface area contributed by atoms with Gasteiger partial charge in [-0.2, -0.15) is 0 Å². The van der Waals surface area contributed by atoms with Crippen LogP contribution in [-0.2, 0) is 27.7 Å². The number of nitrogens with zero attached hydrogens (tertiary/aromatic N) is 1. The molecule has 1 aromatic carbocycles. The standard InChI is InChI=1S/C17H20N2O4S/c1-11-7-16(20)19-5-4-12-8-14(9-15(11)17(12)19)24(21,22)18-10-13-3-2-6-23-13/h7-9,13,18H,2-6,10H2,1H3. The van der Waals surface area contributed by atoms with E-state index in [1.165, 1.54) is 0 Å². The van der Waals surface area contributed by atoms with E-state index >= 15 is 0 Å². The van der Waals surface area contributed by atoms with Gasteiger partial charge in [-0.25, -0.2) is 13.1 Å². The highest BCUT2D eigenvalue weighted by molar-refractivity contribution is 7.89. The Morgan fingerprint density at radius 1 is 1.33 bits per heavy atom. The molecule has 0 spiro atoms. The van der Waals surface area contributed by atoms with E-state index in [1.54, 1.807) is 22.8 Å². The molecular formula is C17H20N2O4S. The summed E-state index contributed by atoms with van der Waals surface area (Å²) in [4.78, 5) is 12.3. The minimum Gasteiger partial charge on any atom is -0.377 e. The first kappa shape index (κ1) is 15.8. The molecule has 0 bridgehead atoms. The lowest BCUT2D eigenvalue weighted by molar-refractivity contribution is 0.114. The summed E-state index contributed by atoms with van der Waals surface area (Å²) >= 11 is 0. The van der Waals surface area contributed by atoms with Crippen molar-refractivity contribution in [2.45, 2.75) is 43.7 Å². The molecule has 7 heteroatoms. The van der Waals surface area contributed by atoms with Gasteiger partial charge in [-0.05, 0) is 49.4 Å². The average molecular weight is 348 g/mol. The summed E-state index contributed by atoms with van der Waals surface area (Å²) in [6.45, 7) is 3.45. The van der Waals surface area contributed by atoms with Gasteiger partial charge in [0.25, 0.3) is 5.56 Å². The number of nitrogens with one attached hydrogen (secondary N) is 1. The SMILES string of the molecule is Cc1cc(=O)n2c3c(cc(S(=O)(=O)NCC4CCCO4)cc13)CC2. The van der Waals surface area contributed by atoms with Crippen LogP contribution in [0.2, 0.25) is 0 Å². The number of sulfonamides is 1. The van der Waals surface area contributed by atoms with E-state index in [4.69, 9.17) is 4.74 Å². The fraction of sp³-hybridized carbons (Fsp3) is 0.471. The summed E-state index contributed by atoms with van der Waals surface area (Å²) < 4.78 is 35.2. The van der Waals surface area contributed by atoms with Gasteiger partial charge in [0.05, 0.1) is 16.5 Å². The van der Waals surface area contributed by atoms with Crippen LogP contribution in [0.3, 0.4) is 0 Å². The summed E-state index contributed by atoms with van der Waals surface area (Å²) in [6.07, 6.45) is 2.51. The molecule has 128 valence electrons. The van der Waals surface area contributed by atoms with Gasteiger partial charge in [-0.3, -0.25) is 4.79 Å². The van der Waals surface area contributed by atoms with Gasteiger partial charge >= 0.3 is 0 Å². The van der Waals surface area contributed by atoms with E-state index in [9.17, 15) is 13.2 Å². The minimum absolute atomic E-state index is 0.0223. The maximum atomic E-state index is 12.7. The van der Waals surface area contributed by atoms with Gasteiger partial charge in [0, 0.05) is 31.1 Å². The van der Waals surface area contributed by atoms with Gasteiger partial charge in [0.15, 0.2) is 0 Å². The summed E-state index contributed by atoms with van der Waals surface area (Å²) in [5.74, 6) is 0. The third-order valence-corrected chi connectivity index (χ3v) is 6.31. The number of hydrogen-bond acceptors (Lipinski definition) is 4. The van der Waals surface area contributed by atoms with E-state index in [0.29, 0.717) is 26.1 Å². The fourth-order valence-electron chi connectivity index (χ4n) is 3.63.